The van der Waals surface area contributed by atoms with E-state index in [2.05, 4.69) is 0 Å². The number of methoxy groups -OCH3 is 1. The highest BCUT2D eigenvalue weighted by atomic mass is 35.5. The quantitative estimate of drug-likeness (QED) is 0.787. The van der Waals surface area contributed by atoms with E-state index < -0.39 is 6.04 Å². The van der Waals surface area contributed by atoms with Gasteiger partial charge in [0, 0.05) is 10.9 Å². The summed E-state index contributed by atoms with van der Waals surface area (Å²) < 4.78 is 11.1. The molecule has 3 nitrogen and oxygen atoms in total. The van der Waals surface area contributed by atoms with Crippen molar-refractivity contribution in [2.45, 2.75) is 6.04 Å². The molecule has 1 atom stereocenters. The molecule has 0 amide bonds. The number of hydrogen-bond donors (Lipinski definition) is 1. The lowest BCUT2D eigenvalue weighted by Gasteiger charge is -2.14. The Bertz CT molecular complexity index is 718. The van der Waals surface area contributed by atoms with Crippen molar-refractivity contribution < 1.29 is 9.15 Å². The fraction of sp³-hybridized carbons (Fsp3) is 0.125. The molecular weight excluding hydrogens is 274 g/mol. The molecule has 0 fully saturated rings. The van der Waals surface area contributed by atoms with Crippen LogP contribution in [-0.4, -0.2) is 7.11 Å². The van der Waals surface area contributed by atoms with Gasteiger partial charge in [-0.1, -0.05) is 41.9 Å². The van der Waals surface area contributed by atoms with E-state index in [1.54, 1.807) is 13.2 Å². The largest absolute Gasteiger partial charge is 0.495 e. The topological polar surface area (TPSA) is 48.4 Å². The molecule has 20 heavy (non-hydrogen) atoms. The molecule has 0 aliphatic rings. The first-order valence-electron chi connectivity index (χ1n) is 6.27. The van der Waals surface area contributed by atoms with E-state index in [1.165, 1.54) is 0 Å². The molecule has 0 aliphatic heterocycles. The molecule has 3 rings (SSSR count). The molecule has 3 aromatic rings. The third-order valence-electron chi connectivity index (χ3n) is 3.29. The normalized spacial score (nSPS) is 12.6. The van der Waals surface area contributed by atoms with Gasteiger partial charge < -0.3 is 14.9 Å². The first-order valence-corrected chi connectivity index (χ1v) is 6.65. The molecule has 0 saturated heterocycles. The number of hydrogen-bond acceptors (Lipinski definition) is 3. The molecule has 2 aromatic carbocycles. The lowest BCUT2D eigenvalue weighted by atomic mass is 10.0. The molecule has 2 N–H and O–H groups in total. The molecular formula is C16H14ClNO2. The maximum atomic E-state index is 6.29. The molecule has 1 unspecified atom stereocenters. The van der Waals surface area contributed by atoms with Gasteiger partial charge in [0.25, 0.3) is 0 Å². The molecule has 0 radical (unpaired) electrons. The van der Waals surface area contributed by atoms with E-state index in [-0.39, 0.29) is 0 Å². The SMILES string of the molecule is COc1c(Cl)cccc1C(N)c1cc2ccccc2o1. The highest BCUT2D eigenvalue weighted by Crippen LogP contribution is 2.35. The number of ether oxygens (including phenoxy) is 1. The molecule has 0 aliphatic carbocycles. The van der Waals surface area contributed by atoms with Crippen molar-refractivity contribution in [2.75, 3.05) is 7.11 Å². The second kappa shape index (κ2) is 5.19. The summed E-state index contributed by atoms with van der Waals surface area (Å²) >= 11 is 6.13. The third-order valence-corrected chi connectivity index (χ3v) is 3.59. The summed E-state index contributed by atoms with van der Waals surface area (Å²) in [4.78, 5) is 0. The number of furan rings is 1. The number of para-hydroxylation sites is 2. The van der Waals surface area contributed by atoms with Gasteiger partial charge in [0.15, 0.2) is 0 Å². The zero-order valence-electron chi connectivity index (χ0n) is 11.0. The van der Waals surface area contributed by atoms with Crippen LogP contribution in [0.3, 0.4) is 0 Å². The van der Waals surface area contributed by atoms with Gasteiger partial charge in [0.2, 0.25) is 0 Å². The second-order valence-corrected chi connectivity index (χ2v) is 4.93. The second-order valence-electron chi connectivity index (χ2n) is 4.53. The number of benzene rings is 2. The van der Waals surface area contributed by atoms with Gasteiger partial charge in [-0.15, -0.1) is 0 Å². The Morgan fingerprint density at radius 1 is 1.15 bits per heavy atom. The summed E-state index contributed by atoms with van der Waals surface area (Å²) in [6.07, 6.45) is 0. The van der Waals surface area contributed by atoms with Gasteiger partial charge in [-0.25, -0.2) is 0 Å². The molecule has 102 valence electrons. The van der Waals surface area contributed by atoms with E-state index in [4.69, 9.17) is 26.5 Å². The van der Waals surface area contributed by atoms with Crippen LogP contribution >= 0.6 is 11.6 Å². The highest BCUT2D eigenvalue weighted by Gasteiger charge is 2.19. The first kappa shape index (κ1) is 13.0. The maximum absolute atomic E-state index is 6.29. The molecule has 0 bridgehead atoms. The number of fused-ring (bicyclic) bond motifs is 1. The van der Waals surface area contributed by atoms with Crippen LogP contribution < -0.4 is 10.5 Å². The highest BCUT2D eigenvalue weighted by molar-refractivity contribution is 6.32. The Morgan fingerprint density at radius 2 is 1.95 bits per heavy atom. The molecule has 4 heteroatoms. The van der Waals surface area contributed by atoms with Crippen LogP contribution in [0.25, 0.3) is 11.0 Å². The number of nitrogens with two attached hydrogens (primary N) is 1. The predicted octanol–water partition coefficient (Wildman–Crippen LogP) is 4.14. The van der Waals surface area contributed by atoms with Crippen molar-refractivity contribution in [1.29, 1.82) is 0 Å². The van der Waals surface area contributed by atoms with E-state index in [9.17, 15) is 0 Å². The molecule has 0 saturated carbocycles. The average Bonchev–Trinajstić information content (AvgIpc) is 2.90. The average molecular weight is 288 g/mol. The van der Waals surface area contributed by atoms with Crippen LogP contribution in [0.2, 0.25) is 5.02 Å². The van der Waals surface area contributed by atoms with Crippen molar-refractivity contribution in [3.63, 3.8) is 0 Å². The zero-order chi connectivity index (χ0) is 14.1. The molecule has 1 aromatic heterocycles. The van der Waals surface area contributed by atoms with E-state index in [1.807, 2.05) is 42.5 Å². The summed E-state index contributed by atoms with van der Waals surface area (Å²) in [7, 11) is 1.58. The van der Waals surface area contributed by atoms with Gasteiger partial charge in [-0.2, -0.15) is 0 Å². The van der Waals surface area contributed by atoms with Crippen LogP contribution in [0.15, 0.2) is 52.9 Å². The Hall–Kier alpha value is -1.97. The van der Waals surface area contributed by atoms with Crippen LogP contribution in [0, 0.1) is 0 Å². The van der Waals surface area contributed by atoms with E-state index >= 15 is 0 Å². The van der Waals surface area contributed by atoms with Crippen molar-refractivity contribution in [2.24, 2.45) is 5.73 Å². The minimum atomic E-state index is -0.420. The summed E-state index contributed by atoms with van der Waals surface area (Å²) in [5.74, 6) is 1.27. The van der Waals surface area contributed by atoms with Crippen LogP contribution in [0.5, 0.6) is 5.75 Å². The van der Waals surface area contributed by atoms with Gasteiger partial charge in [-0.3, -0.25) is 0 Å². The van der Waals surface area contributed by atoms with Crippen LogP contribution in [0.1, 0.15) is 17.4 Å². The third kappa shape index (κ3) is 2.15. The number of halogens is 1. The predicted molar refractivity (Wildman–Crippen MR) is 80.2 cm³/mol. The maximum Gasteiger partial charge on any atom is 0.142 e. The van der Waals surface area contributed by atoms with Crippen molar-refractivity contribution in [3.05, 3.63) is 64.9 Å². The smallest absolute Gasteiger partial charge is 0.142 e. The monoisotopic (exact) mass is 287 g/mol. The molecule has 1 heterocycles. The Morgan fingerprint density at radius 3 is 2.70 bits per heavy atom. The van der Waals surface area contributed by atoms with Gasteiger partial charge in [-0.05, 0) is 18.2 Å². The Balaban J connectivity index is 2.08. The Labute approximate surface area is 121 Å². The fourth-order valence-corrected chi connectivity index (χ4v) is 2.55. The van der Waals surface area contributed by atoms with Gasteiger partial charge >= 0.3 is 0 Å². The van der Waals surface area contributed by atoms with Crippen LogP contribution in [-0.2, 0) is 0 Å². The lowest BCUT2D eigenvalue weighted by Crippen LogP contribution is -2.12. The fourth-order valence-electron chi connectivity index (χ4n) is 2.29. The Kier molecular flexibility index (Phi) is 3.38. The minimum absolute atomic E-state index is 0.420. The van der Waals surface area contributed by atoms with Crippen molar-refractivity contribution >= 4 is 22.6 Å². The van der Waals surface area contributed by atoms with Gasteiger partial charge in [0.05, 0.1) is 18.2 Å². The van der Waals surface area contributed by atoms with Crippen LogP contribution in [0.4, 0.5) is 0 Å². The lowest BCUT2D eigenvalue weighted by molar-refractivity contribution is 0.404. The van der Waals surface area contributed by atoms with Crippen molar-refractivity contribution in [3.8, 4) is 5.75 Å². The first-order chi connectivity index (χ1) is 9.70. The molecule has 0 spiro atoms. The van der Waals surface area contributed by atoms with Crippen molar-refractivity contribution in [1.82, 2.24) is 0 Å². The zero-order valence-corrected chi connectivity index (χ0v) is 11.7. The van der Waals surface area contributed by atoms with E-state index in [0.717, 1.165) is 16.5 Å². The summed E-state index contributed by atoms with van der Waals surface area (Å²) in [5, 5.41) is 1.57. The minimum Gasteiger partial charge on any atom is -0.495 e. The number of rotatable bonds is 3. The standard InChI is InChI=1S/C16H14ClNO2/c1-19-16-11(6-4-7-12(16)17)15(18)14-9-10-5-2-3-8-13(10)20-14/h2-9,15H,18H2,1H3. The summed E-state index contributed by atoms with van der Waals surface area (Å²) in [6, 6.07) is 14.8. The summed E-state index contributed by atoms with van der Waals surface area (Å²) in [5.41, 5.74) is 7.92. The van der Waals surface area contributed by atoms with Gasteiger partial charge in [0.1, 0.15) is 17.1 Å². The van der Waals surface area contributed by atoms with E-state index in [0.29, 0.717) is 16.5 Å². The summed E-state index contributed by atoms with van der Waals surface area (Å²) in [6.45, 7) is 0.